The van der Waals surface area contributed by atoms with Crippen molar-refractivity contribution in [3.8, 4) is 11.4 Å². The van der Waals surface area contributed by atoms with Gasteiger partial charge in [0.2, 0.25) is 5.91 Å². The summed E-state index contributed by atoms with van der Waals surface area (Å²) in [6.45, 7) is 4.92. The molecule has 36 heavy (non-hydrogen) atoms. The van der Waals surface area contributed by atoms with Gasteiger partial charge in [-0.3, -0.25) is 9.59 Å². The Labute approximate surface area is 210 Å². The Morgan fingerprint density at radius 1 is 1.19 bits per heavy atom. The molecule has 0 bridgehead atoms. The van der Waals surface area contributed by atoms with Crippen LogP contribution in [0.15, 0.2) is 35.1 Å². The van der Waals surface area contributed by atoms with E-state index in [0.717, 1.165) is 40.7 Å². The quantitative estimate of drug-likeness (QED) is 0.319. The molecule has 2 aliphatic heterocycles. The van der Waals surface area contributed by atoms with Crippen molar-refractivity contribution in [3.63, 3.8) is 0 Å². The number of aliphatic hydroxyl groups excluding tert-OH is 1. The number of ether oxygens (including phenoxy) is 1. The first-order chi connectivity index (χ1) is 17.1. The van der Waals surface area contributed by atoms with E-state index in [1.165, 1.54) is 5.56 Å². The topological polar surface area (TPSA) is 102 Å². The van der Waals surface area contributed by atoms with Gasteiger partial charge in [-0.25, -0.2) is 9.78 Å². The molecule has 0 saturated heterocycles. The maximum Gasteiger partial charge on any atom is 0.340 e. The van der Waals surface area contributed by atoms with Gasteiger partial charge in [0, 0.05) is 45.1 Å². The zero-order valence-electron chi connectivity index (χ0n) is 21.1. The summed E-state index contributed by atoms with van der Waals surface area (Å²) in [5.41, 5.74) is 4.80. The molecule has 0 spiro atoms. The summed E-state index contributed by atoms with van der Waals surface area (Å²) in [5, 5.41) is 11.5. The molecule has 0 unspecified atom stereocenters. The standard InChI is InChI=1S/C27H31N3O5Si/c1-29(2)23(31)10-12-36(3,4)11-9-16-17-7-5-6-8-21(17)28-24-19(16)14-30-22(24)13-18-20(26(30)33)15-35-27(34)25(18)32/h5-8,13,25,32H,9-12,14-15H2,1-4H3/t25-/m0/s1. The van der Waals surface area contributed by atoms with E-state index in [1.807, 2.05) is 18.2 Å². The van der Waals surface area contributed by atoms with E-state index in [4.69, 9.17) is 9.72 Å². The number of hydrogen-bond acceptors (Lipinski definition) is 6. The fourth-order valence-corrected chi connectivity index (χ4v) is 7.27. The average Bonchev–Trinajstić information content (AvgIpc) is 3.21. The molecule has 0 radical (unpaired) electrons. The zero-order chi connectivity index (χ0) is 25.8. The van der Waals surface area contributed by atoms with Gasteiger partial charge in [0.05, 0.1) is 29.0 Å². The SMILES string of the molecule is CN(C)C(=O)CC[Si](C)(C)CCc1c2c(nc3ccccc13)-c1cc3c(c(=O)n1C2)COC(=O)[C@H]3O. The van der Waals surface area contributed by atoms with E-state index >= 15 is 0 Å². The summed E-state index contributed by atoms with van der Waals surface area (Å²) in [6.07, 6.45) is -0.0577. The summed E-state index contributed by atoms with van der Waals surface area (Å²) >= 11 is 0. The van der Waals surface area contributed by atoms with E-state index in [0.29, 0.717) is 29.8 Å². The van der Waals surface area contributed by atoms with Crippen LogP contribution in [-0.2, 0) is 33.9 Å². The van der Waals surface area contributed by atoms with Crippen LogP contribution in [0.2, 0.25) is 25.2 Å². The molecular formula is C27H31N3O5Si. The summed E-state index contributed by atoms with van der Waals surface area (Å²) in [5.74, 6) is -0.577. The highest BCUT2D eigenvalue weighted by molar-refractivity contribution is 6.77. The molecule has 4 heterocycles. The molecule has 2 aliphatic rings. The molecule has 8 nitrogen and oxygen atoms in total. The van der Waals surface area contributed by atoms with Gasteiger partial charge in [0.15, 0.2) is 6.10 Å². The van der Waals surface area contributed by atoms with Gasteiger partial charge in [-0.2, -0.15) is 0 Å². The number of aromatic nitrogens is 2. The number of aryl methyl sites for hydroxylation is 1. The Kier molecular flexibility index (Phi) is 6.08. The van der Waals surface area contributed by atoms with Crippen molar-refractivity contribution in [1.29, 1.82) is 0 Å². The minimum Gasteiger partial charge on any atom is -0.458 e. The Balaban J connectivity index is 1.55. The van der Waals surface area contributed by atoms with Crippen molar-refractivity contribution in [2.24, 2.45) is 0 Å². The molecule has 1 N–H and O–H groups in total. The molecule has 2 aromatic heterocycles. The van der Waals surface area contributed by atoms with Crippen LogP contribution in [0.1, 0.15) is 34.8 Å². The molecule has 1 aromatic carbocycles. The zero-order valence-corrected chi connectivity index (χ0v) is 22.1. The molecule has 3 aromatic rings. The number of pyridine rings is 2. The van der Waals surface area contributed by atoms with Crippen molar-refractivity contribution >= 4 is 30.9 Å². The third-order valence-corrected chi connectivity index (χ3v) is 10.8. The Morgan fingerprint density at radius 3 is 2.69 bits per heavy atom. The van der Waals surface area contributed by atoms with Gasteiger partial charge in [0.1, 0.15) is 6.61 Å². The fourth-order valence-electron chi connectivity index (χ4n) is 5.20. The average molecular weight is 506 g/mol. The summed E-state index contributed by atoms with van der Waals surface area (Å²) in [4.78, 5) is 44.0. The van der Waals surface area contributed by atoms with Gasteiger partial charge in [-0.15, -0.1) is 0 Å². The first kappa shape index (κ1) is 24.4. The van der Waals surface area contributed by atoms with E-state index < -0.39 is 20.1 Å². The van der Waals surface area contributed by atoms with Gasteiger partial charge < -0.3 is 19.3 Å². The molecular weight excluding hydrogens is 474 g/mol. The van der Waals surface area contributed by atoms with Gasteiger partial charge in [0.25, 0.3) is 5.56 Å². The third-order valence-electron chi connectivity index (χ3n) is 7.55. The Bertz CT molecular complexity index is 1460. The van der Waals surface area contributed by atoms with Crippen LogP contribution in [0.3, 0.4) is 0 Å². The molecule has 5 rings (SSSR count). The minimum atomic E-state index is -1.67. The largest absolute Gasteiger partial charge is 0.458 e. The summed E-state index contributed by atoms with van der Waals surface area (Å²) in [7, 11) is 1.92. The lowest BCUT2D eigenvalue weighted by Gasteiger charge is -2.24. The van der Waals surface area contributed by atoms with Crippen LogP contribution in [0.5, 0.6) is 0 Å². The van der Waals surface area contributed by atoms with Crippen LogP contribution >= 0.6 is 0 Å². The second-order valence-corrected chi connectivity index (χ2v) is 16.1. The second-order valence-electron chi connectivity index (χ2n) is 10.8. The van der Waals surface area contributed by atoms with Gasteiger partial charge in [-0.05, 0) is 30.2 Å². The number of amides is 1. The number of nitrogens with zero attached hydrogens (tertiary/aromatic N) is 3. The highest BCUT2D eigenvalue weighted by Gasteiger charge is 2.35. The van der Waals surface area contributed by atoms with Crippen molar-refractivity contribution in [2.75, 3.05) is 14.1 Å². The number of para-hydroxylation sites is 1. The van der Waals surface area contributed by atoms with E-state index in [9.17, 15) is 19.5 Å². The lowest BCUT2D eigenvalue weighted by molar-refractivity contribution is -0.157. The van der Waals surface area contributed by atoms with Crippen LogP contribution in [-0.4, -0.2) is 53.6 Å². The molecule has 188 valence electrons. The molecule has 1 amide bonds. The molecule has 0 saturated carbocycles. The van der Waals surface area contributed by atoms with Gasteiger partial charge in [-0.1, -0.05) is 37.3 Å². The van der Waals surface area contributed by atoms with Crippen LogP contribution < -0.4 is 5.56 Å². The van der Waals surface area contributed by atoms with Gasteiger partial charge >= 0.3 is 5.97 Å². The predicted molar refractivity (Wildman–Crippen MR) is 139 cm³/mol. The van der Waals surface area contributed by atoms with Crippen molar-refractivity contribution in [2.45, 2.75) is 57.3 Å². The molecule has 0 fully saturated rings. The number of cyclic esters (lactones) is 1. The summed E-state index contributed by atoms with van der Waals surface area (Å²) in [6, 6.07) is 11.7. The minimum absolute atomic E-state index is 0.131. The predicted octanol–water partition coefficient (Wildman–Crippen LogP) is 3.24. The number of carbonyl (C=O) groups is 2. The lowest BCUT2D eigenvalue weighted by Crippen LogP contribution is -2.32. The van der Waals surface area contributed by atoms with E-state index in [2.05, 4.69) is 19.2 Å². The third kappa shape index (κ3) is 4.16. The highest BCUT2D eigenvalue weighted by atomic mass is 28.3. The molecule has 9 heteroatoms. The number of esters is 1. The summed E-state index contributed by atoms with van der Waals surface area (Å²) < 4.78 is 6.69. The first-order valence-electron chi connectivity index (χ1n) is 12.3. The van der Waals surface area contributed by atoms with Crippen LogP contribution in [0.25, 0.3) is 22.3 Å². The monoisotopic (exact) mass is 505 g/mol. The number of aliphatic hydroxyl groups is 1. The fraction of sp³-hybridized carbons (Fsp3) is 0.407. The lowest BCUT2D eigenvalue weighted by atomic mass is 9.97. The van der Waals surface area contributed by atoms with Crippen LogP contribution in [0, 0.1) is 0 Å². The molecule has 1 atom stereocenters. The number of hydrogen-bond donors (Lipinski definition) is 1. The first-order valence-corrected chi connectivity index (χ1v) is 15.7. The smallest absolute Gasteiger partial charge is 0.340 e. The normalized spacial score (nSPS) is 16.4. The van der Waals surface area contributed by atoms with Crippen LogP contribution in [0.4, 0.5) is 0 Å². The number of rotatable bonds is 6. The second kappa shape index (κ2) is 8.97. The van der Waals surface area contributed by atoms with Crippen molar-refractivity contribution in [3.05, 3.63) is 62.9 Å². The number of fused-ring (bicyclic) bond motifs is 5. The van der Waals surface area contributed by atoms with Crippen molar-refractivity contribution in [1.82, 2.24) is 14.5 Å². The van der Waals surface area contributed by atoms with E-state index in [-0.39, 0.29) is 18.1 Å². The Hall–Kier alpha value is -3.30. The van der Waals surface area contributed by atoms with E-state index in [1.54, 1.807) is 29.6 Å². The maximum atomic E-state index is 13.4. The highest BCUT2D eigenvalue weighted by Crippen LogP contribution is 2.39. The van der Waals surface area contributed by atoms with Crippen molar-refractivity contribution < 1.29 is 19.4 Å². The Morgan fingerprint density at radius 2 is 1.94 bits per heavy atom. The maximum absolute atomic E-state index is 13.4. The number of carbonyl (C=O) groups excluding carboxylic acids is 2. The molecule has 0 aliphatic carbocycles. The number of benzene rings is 1.